The van der Waals surface area contributed by atoms with E-state index in [0.29, 0.717) is 10.6 Å². The van der Waals surface area contributed by atoms with E-state index in [9.17, 15) is 4.79 Å². The van der Waals surface area contributed by atoms with Crippen molar-refractivity contribution in [3.8, 4) is 10.4 Å². The number of aromatic nitrogens is 1. The molecule has 1 amide bonds. The van der Waals surface area contributed by atoms with Gasteiger partial charge in [-0.1, -0.05) is 30.3 Å². The summed E-state index contributed by atoms with van der Waals surface area (Å²) in [6.45, 7) is 3.93. The number of rotatable bonds is 4. The van der Waals surface area contributed by atoms with Crippen molar-refractivity contribution in [2.75, 3.05) is 5.73 Å². The standard InChI is InChI=1S/C18H18N4OS/c1-11-8-14(12(2)21-11)10-20-22-18(23)17-15(19)9-16(24-17)13-6-4-3-5-7-13/h3-10,21H,19H2,1-2H3,(H,22,23)/b20-10+. The summed E-state index contributed by atoms with van der Waals surface area (Å²) in [5.74, 6) is -0.305. The number of anilines is 1. The molecule has 0 aliphatic heterocycles. The maximum absolute atomic E-state index is 12.3. The van der Waals surface area contributed by atoms with E-state index in [-0.39, 0.29) is 5.91 Å². The molecule has 0 atom stereocenters. The molecule has 3 aromatic rings. The van der Waals surface area contributed by atoms with E-state index in [1.165, 1.54) is 11.3 Å². The zero-order valence-electron chi connectivity index (χ0n) is 13.5. The van der Waals surface area contributed by atoms with Crippen molar-refractivity contribution in [3.05, 3.63) is 64.3 Å². The van der Waals surface area contributed by atoms with E-state index in [0.717, 1.165) is 27.4 Å². The van der Waals surface area contributed by atoms with Crippen LogP contribution in [-0.2, 0) is 0 Å². The van der Waals surface area contributed by atoms with Crippen LogP contribution in [0.1, 0.15) is 26.6 Å². The van der Waals surface area contributed by atoms with Crippen LogP contribution < -0.4 is 11.2 Å². The number of benzene rings is 1. The van der Waals surface area contributed by atoms with Gasteiger partial charge in [0, 0.05) is 21.8 Å². The van der Waals surface area contributed by atoms with Crippen LogP contribution in [0.15, 0.2) is 47.6 Å². The lowest BCUT2D eigenvalue weighted by Gasteiger charge is -1.98. The van der Waals surface area contributed by atoms with Crippen molar-refractivity contribution in [1.29, 1.82) is 0 Å². The lowest BCUT2D eigenvalue weighted by atomic mass is 10.2. The van der Waals surface area contributed by atoms with E-state index in [1.807, 2.05) is 56.3 Å². The molecule has 0 spiro atoms. The van der Waals surface area contributed by atoms with Crippen LogP contribution >= 0.6 is 11.3 Å². The third-order valence-electron chi connectivity index (χ3n) is 3.58. The van der Waals surface area contributed by atoms with Gasteiger partial charge in [-0.15, -0.1) is 11.3 Å². The summed E-state index contributed by atoms with van der Waals surface area (Å²) < 4.78 is 0. The van der Waals surface area contributed by atoms with Gasteiger partial charge in [0.2, 0.25) is 0 Å². The van der Waals surface area contributed by atoms with E-state index in [1.54, 1.807) is 6.21 Å². The highest BCUT2D eigenvalue weighted by Crippen LogP contribution is 2.32. The van der Waals surface area contributed by atoms with Gasteiger partial charge in [0.25, 0.3) is 5.91 Å². The van der Waals surface area contributed by atoms with Gasteiger partial charge >= 0.3 is 0 Å². The van der Waals surface area contributed by atoms with Gasteiger partial charge in [0.15, 0.2) is 0 Å². The molecule has 122 valence electrons. The van der Waals surface area contributed by atoms with Crippen LogP contribution in [0, 0.1) is 13.8 Å². The first kappa shape index (κ1) is 16.0. The Morgan fingerprint density at radius 2 is 2.00 bits per heavy atom. The Hall–Kier alpha value is -2.86. The minimum Gasteiger partial charge on any atom is -0.397 e. The van der Waals surface area contributed by atoms with Crippen LogP contribution in [0.2, 0.25) is 0 Å². The monoisotopic (exact) mass is 338 g/mol. The quantitative estimate of drug-likeness (QED) is 0.500. The number of amides is 1. The molecule has 3 rings (SSSR count). The number of nitrogens with zero attached hydrogens (tertiary/aromatic N) is 1. The fourth-order valence-corrected chi connectivity index (χ4v) is 3.39. The number of nitrogens with two attached hydrogens (primary N) is 1. The first-order chi connectivity index (χ1) is 11.5. The SMILES string of the molecule is Cc1cc(/C=N/NC(=O)c2sc(-c3ccccc3)cc2N)c(C)[nH]1. The van der Waals surface area contributed by atoms with E-state index >= 15 is 0 Å². The summed E-state index contributed by atoms with van der Waals surface area (Å²) in [6, 6.07) is 13.6. The zero-order chi connectivity index (χ0) is 17.1. The maximum atomic E-state index is 12.3. The highest BCUT2D eigenvalue weighted by atomic mass is 32.1. The summed E-state index contributed by atoms with van der Waals surface area (Å²) in [6.07, 6.45) is 1.62. The first-order valence-corrected chi connectivity index (χ1v) is 8.30. The second-order valence-corrected chi connectivity index (χ2v) is 6.55. The molecule has 0 saturated carbocycles. The largest absolute Gasteiger partial charge is 0.397 e. The fourth-order valence-electron chi connectivity index (χ4n) is 2.42. The molecule has 0 saturated heterocycles. The van der Waals surface area contributed by atoms with Gasteiger partial charge in [-0.3, -0.25) is 4.79 Å². The van der Waals surface area contributed by atoms with E-state index in [4.69, 9.17) is 5.73 Å². The van der Waals surface area contributed by atoms with Crippen molar-refractivity contribution < 1.29 is 4.79 Å². The van der Waals surface area contributed by atoms with Crippen molar-refractivity contribution in [2.24, 2.45) is 5.10 Å². The number of H-pyrrole nitrogens is 1. The molecule has 2 heterocycles. The van der Waals surface area contributed by atoms with E-state index < -0.39 is 0 Å². The minimum atomic E-state index is -0.305. The van der Waals surface area contributed by atoms with Crippen LogP contribution in [0.3, 0.4) is 0 Å². The van der Waals surface area contributed by atoms with Crippen LogP contribution in [0.25, 0.3) is 10.4 Å². The van der Waals surface area contributed by atoms with Crippen molar-refractivity contribution in [1.82, 2.24) is 10.4 Å². The molecule has 1 aromatic carbocycles. The normalized spacial score (nSPS) is 11.1. The average molecular weight is 338 g/mol. The Morgan fingerprint density at radius 1 is 1.25 bits per heavy atom. The molecule has 4 N–H and O–H groups in total. The molecule has 24 heavy (non-hydrogen) atoms. The second kappa shape index (κ2) is 6.72. The second-order valence-electron chi connectivity index (χ2n) is 5.49. The molecule has 0 unspecified atom stereocenters. The van der Waals surface area contributed by atoms with Gasteiger partial charge in [-0.05, 0) is 31.5 Å². The van der Waals surface area contributed by atoms with Crippen LogP contribution in [-0.4, -0.2) is 17.1 Å². The van der Waals surface area contributed by atoms with Crippen molar-refractivity contribution in [2.45, 2.75) is 13.8 Å². The Labute approximate surface area is 144 Å². The van der Waals surface area contributed by atoms with Gasteiger partial charge < -0.3 is 10.7 Å². The minimum absolute atomic E-state index is 0.305. The number of carbonyl (C=O) groups excluding carboxylic acids is 1. The van der Waals surface area contributed by atoms with Gasteiger partial charge in [-0.2, -0.15) is 5.10 Å². The molecule has 5 nitrogen and oxygen atoms in total. The number of nitrogen functional groups attached to an aromatic ring is 1. The number of thiophene rings is 1. The highest BCUT2D eigenvalue weighted by molar-refractivity contribution is 7.18. The number of carbonyl (C=O) groups is 1. The fraction of sp³-hybridized carbons (Fsp3) is 0.111. The summed E-state index contributed by atoms with van der Waals surface area (Å²) in [5, 5.41) is 4.02. The summed E-state index contributed by atoms with van der Waals surface area (Å²) in [4.78, 5) is 16.9. The molecule has 0 bridgehead atoms. The predicted molar refractivity (Wildman–Crippen MR) is 99.5 cm³/mol. The molecule has 0 aliphatic rings. The summed E-state index contributed by atoms with van der Waals surface area (Å²) in [7, 11) is 0. The molecule has 2 aromatic heterocycles. The van der Waals surface area contributed by atoms with Gasteiger partial charge in [-0.25, -0.2) is 5.43 Å². The molecular weight excluding hydrogens is 320 g/mol. The number of nitrogens with one attached hydrogen (secondary N) is 2. The number of aromatic amines is 1. The lowest BCUT2D eigenvalue weighted by Crippen LogP contribution is -2.17. The third-order valence-corrected chi connectivity index (χ3v) is 4.78. The summed E-state index contributed by atoms with van der Waals surface area (Å²) in [5.41, 5.74) is 13.0. The first-order valence-electron chi connectivity index (χ1n) is 7.49. The van der Waals surface area contributed by atoms with Crippen LogP contribution in [0.4, 0.5) is 5.69 Å². The number of hydrogen-bond donors (Lipinski definition) is 3. The lowest BCUT2D eigenvalue weighted by molar-refractivity contribution is 0.0960. The number of hydrogen-bond acceptors (Lipinski definition) is 4. The smallest absolute Gasteiger partial charge is 0.283 e. The summed E-state index contributed by atoms with van der Waals surface area (Å²) >= 11 is 1.36. The van der Waals surface area contributed by atoms with Crippen LogP contribution in [0.5, 0.6) is 0 Å². The Balaban J connectivity index is 1.74. The number of hydrazone groups is 1. The highest BCUT2D eigenvalue weighted by Gasteiger charge is 2.14. The average Bonchev–Trinajstić information content (AvgIpc) is 3.10. The molecule has 6 heteroatoms. The topological polar surface area (TPSA) is 83.3 Å². The molecular formula is C18H18N4OS. The Morgan fingerprint density at radius 3 is 2.67 bits per heavy atom. The zero-order valence-corrected chi connectivity index (χ0v) is 14.3. The van der Waals surface area contributed by atoms with Gasteiger partial charge in [0.05, 0.1) is 11.9 Å². The van der Waals surface area contributed by atoms with E-state index in [2.05, 4.69) is 15.5 Å². The third kappa shape index (κ3) is 3.38. The molecule has 0 radical (unpaired) electrons. The maximum Gasteiger partial charge on any atom is 0.283 e. The van der Waals surface area contributed by atoms with Crippen molar-refractivity contribution in [3.63, 3.8) is 0 Å². The Bertz CT molecular complexity index is 893. The van der Waals surface area contributed by atoms with Gasteiger partial charge in [0.1, 0.15) is 4.88 Å². The molecule has 0 fully saturated rings. The van der Waals surface area contributed by atoms with Crippen molar-refractivity contribution >= 4 is 29.1 Å². The Kier molecular flexibility index (Phi) is 4.48. The number of aryl methyl sites for hydroxylation is 2. The molecule has 0 aliphatic carbocycles. The predicted octanol–water partition coefficient (Wildman–Crippen LogP) is 3.71.